The lowest BCUT2D eigenvalue weighted by Gasteiger charge is -2.38. The zero-order valence-electron chi connectivity index (χ0n) is 12.4. The maximum atomic E-state index is 10.8. The van der Waals surface area contributed by atoms with Crippen molar-refractivity contribution in [2.24, 2.45) is 0 Å². The van der Waals surface area contributed by atoms with Crippen LogP contribution in [0.2, 0.25) is 0 Å². The molecule has 1 aliphatic rings. The van der Waals surface area contributed by atoms with Gasteiger partial charge >= 0.3 is 0 Å². The monoisotopic (exact) mass is 290 g/mol. The van der Waals surface area contributed by atoms with Gasteiger partial charge in [0.1, 0.15) is 11.3 Å². The highest BCUT2D eigenvalue weighted by molar-refractivity contribution is 5.09. The van der Waals surface area contributed by atoms with Crippen LogP contribution in [0, 0.1) is 0 Å². The standard InChI is InChI=1S/C14H22N6O/c1-2-20-12(4-7-16-20)5-9-19-8-3-6-14(21,11-19)13-10-15-18-17-13/h4,7,10,21H,2-3,5-6,8-9,11H2,1H3,(H,15,17,18). The Bertz CT molecular complexity index is 566. The Morgan fingerprint density at radius 2 is 2.38 bits per heavy atom. The molecule has 1 saturated heterocycles. The van der Waals surface area contributed by atoms with Crippen LogP contribution in [0.25, 0.3) is 0 Å². The molecular weight excluding hydrogens is 268 g/mol. The van der Waals surface area contributed by atoms with Gasteiger partial charge in [0.05, 0.1) is 6.20 Å². The summed E-state index contributed by atoms with van der Waals surface area (Å²) in [5.41, 5.74) is 1.01. The fourth-order valence-electron chi connectivity index (χ4n) is 3.08. The van der Waals surface area contributed by atoms with E-state index in [0.29, 0.717) is 12.2 Å². The molecule has 0 aliphatic carbocycles. The topological polar surface area (TPSA) is 82.9 Å². The summed E-state index contributed by atoms with van der Waals surface area (Å²) in [4.78, 5) is 2.30. The van der Waals surface area contributed by atoms with Crippen LogP contribution in [0.1, 0.15) is 31.2 Å². The number of β-amino-alcohol motifs (C(OH)–C–C–N with tert-alkyl or cyclic N) is 1. The summed E-state index contributed by atoms with van der Waals surface area (Å²) < 4.78 is 2.02. The van der Waals surface area contributed by atoms with Gasteiger partial charge in [-0.2, -0.15) is 20.5 Å². The lowest BCUT2D eigenvalue weighted by molar-refractivity contribution is -0.0386. The molecule has 7 nitrogen and oxygen atoms in total. The van der Waals surface area contributed by atoms with Gasteiger partial charge in [-0.15, -0.1) is 0 Å². The second-order valence-electron chi connectivity index (χ2n) is 5.65. The number of nitrogens with one attached hydrogen (secondary N) is 1. The summed E-state index contributed by atoms with van der Waals surface area (Å²) in [6.45, 7) is 5.54. The van der Waals surface area contributed by atoms with Crippen molar-refractivity contribution in [3.05, 3.63) is 29.8 Å². The normalized spacial score (nSPS) is 23.5. The van der Waals surface area contributed by atoms with E-state index in [1.807, 2.05) is 10.9 Å². The van der Waals surface area contributed by atoms with Crippen LogP contribution in [0.4, 0.5) is 0 Å². The lowest BCUT2D eigenvalue weighted by atomic mass is 9.90. The largest absolute Gasteiger partial charge is 0.382 e. The number of aromatic nitrogens is 5. The number of aryl methyl sites for hydroxylation is 1. The predicted molar refractivity (Wildman–Crippen MR) is 77.6 cm³/mol. The van der Waals surface area contributed by atoms with Crippen molar-refractivity contribution in [1.29, 1.82) is 0 Å². The van der Waals surface area contributed by atoms with E-state index in [9.17, 15) is 5.11 Å². The molecule has 3 rings (SSSR count). The molecule has 1 aliphatic heterocycles. The number of hydrogen-bond acceptors (Lipinski definition) is 5. The summed E-state index contributed by atoms with van der Waals surface area (Å²) >= 11 is 0. The molecule has 114 valence electrons. The number of piperidine rings is 1. The third kappa shape index (κ3) is 2.98. The van der Waals surface area contributed by atoms with E-state index in [1.165, 1.54) is 5.69 Å². The Morgan fingerprint density at radius 3 is 3.14 bits per heavy atom. The van der Waals surface area contributed by atoms with Crippen molar-refractivity contribution in [3.63, 3.8) is 0 Å². The molecule has 0 radical (unpaired) electrons. The van der Waals surface area contributed by atoms with Gasteiger partial charge in [0.15, 0.2) is 0 Å². The van der Waals surface area contributed by atoms with Gasteiger partial charge in [-0.05, 0) is 32.4 Å². The fraction of sp³-hybridized carbons (Fsp3) is 0.643. The lowest BCUT2D eigenvalue weighted by Crippen LogP contribution is -2.47. The minimum atomic E-state index is -0.879. The van der Waals surface area contributed by atoms with E-state index in [-0.39, 0.29) is 0 Å². The molecule has 0 spiro atoms. The predicted octanol–water partition coefficient (Wildman–Crippen LogP) is 0.547. The third-order valence-corrected chi connectivity index (χ3v) is 4.23. The van der Waals surface area contributed by atoms with Gasteiger partial charge in [-0.3, -0.25) is 9.58 Å². The molecule has 21 heavy (non-hydrogen) atoms. The van der Waals surface area contributed by atoms with Gasteiger partial charge in [-0.25, -0.2) is 0 Å². The highest BCUT2D eigenvalue weighted by atomic mass is 16.3. The SMILES string of the molecule is CCn1nccc1CCN1CCCC(O)(c2cn[nH]n2)C1. The molecule has 0 bridgehead atoms. The minimum Gasteiger partial charge on any atom is -0.382 e. The van der Waals surface area contributed by atoms with Crippen LogP contribution in [-0.4, -0.2) is 54.8 Å². The number of likely N-dealkylation sites (tertiary alicyclic amines) is 1. The summed E-state index contributed by atoms with van der Waals surface area (Å²) in [6.07, 6.45) is 6.12. The number of hydrogen-bond donors (Lipinski definition) is 2. The molecule has 7 heteroatoms. The molecule has 1 fully saturated rings. The van der Waals surface area contributed by atoms with Gasteiger partial charge in [0, 0.05) is 37.9 Å². The van der Waals surface area contributed by atoms with E-state index < -0.39 is 5.60 Å². The second-order valence-corrected chi connectivity index (χ2v) is 5.65. The first kappa shape index (κ1) is 14.2. The van der Waals surface area contributed by atoms with Crippen molar-refractivity contribution in [2.45, 2.75) is 38.3 Å². The summed E-state index contributed by atoms with van der Waals surface area (Å²) in [5, 5.41) is 25.5. The average Bonchev–Trinajstić information content (AvgIpc) is 3.16. The number of rotatable bonds is 5. The summed E-state index contributed by atoms with van der Waals surface area (Å²) in [5.74, 6) is 0. The molecule has 3 heterocycles. The van der Waals surface area contributed by atoms with Crippen LogP contribution < -0.4 is 0 Å². The molecule has 1 unspecified atom stereocenters. The first-order chi connectivity index (χ1) is 10.2. The zero-order chi connectivity index (χ0) is 14.7. The minimum absolute atomic E-state index is 0.611. The van der Waals surface area contributed by atoms with Crippen molar-refractivity contribution < 1.29 is 5.11 Å². The maximum Gasteiger partial charge on any atom is 0.123 e. The van der Waals surface area contributed by atoms with Crippen molar-refractivity contribution >= 4 is 0 Å². The van der Waals surface area contributed by atoms with Crippen LogP contribution in [0.5, 0.6) is 0 Å². The first-order valence-electron chi connectivity index (χ1n) is 7.53. The third-order valence-electron chi connectivity index (χ3n) is 4.23. The Labute approximate surface area is 124 Å². The number of aromatic amines is 1. The number of aliphatic hydroxyl groups is 1. The number of nitrogens with zero attached hydrogens (tertiary/aromatic N) is 5. The molecule has 1 atom stereocenters. The van der Waals surface area contributed by atoms with Gasteiger partial charge in [-0.1, -0.05) is 0 Å². The molecular formula is C14H22N6O. The van der Waals surface area contributed by atoms with E-state index in [1.54, 1.807) is 6.20 Å². The second kappa shape index (κ2) is 5.95. The zero-order valence-corrected chi connectivity index (χ0v) is 12.4. The summed E-state index contributed by atoms with van der Waals surface area (Å²) in [7, 11) is 0. The first-order valence-corrected chi connectivity index (χ1v) is 7.53. The van der Waals surface area contributed by atoms with Crippen LogP contribution in [0.3, 0.4) is 0 Å². The molecule has 2 aromatic heterocycles. The highest BCUT2D eigenvalue weighted by Gasteiger charge is 2.36. The van der Waals surface area contributed by atoms with E-state index in [2.05, 4.69) is 38.4 Å². The van der Waals surface area contributed by atoms with Crippen molar-refractivity contribution in [2.75, 3.05) is 19.6 Å². The number of H-pyrrole nitrogens is 1. The Kier molecular flexibility index (Phi) is 4.03. The quantitative estimate of drug-likeness (QED) is 0.840. The van der Waals surface area contributed by atoms with E-state index in [0.717, 1.165) is 38.9 Å². The van der Waals surface area contributed by atoms with Crippen molar-refractivity contribution in [3.8, 4) is 0 Å². The molecule has 2 aromatic rings. The van der Waals surface area contributed by atoms with Crippen LogP contribution in [0.15, 0.2) is 18.5 Å². The van der Waals surface area contributed by atoms with E-state index in [4.69, 9.17) is 0 Å². The highest BCUT2D eigenvalue weighted by Crippen LogP contribution is 2.29. The van der Waals surface area contributed by atoms with Crippen LogP contribution >= 0.6 is 0 Å². The van der Waals surface area contributed by atoms with E-state index >= 15 is 0 Å². The average molecular weight is 290 g/mol. The van der Waals surface area contributed by atoms with Crippen molar-refractivity contribution in [1.82, 2.24) is 30.1 Å². The molecule has 2 N–H and O–H groups in total. The Morgan fingerprint density at radius 1 is 1.48 bits per heavy atom. The van der Waals surface area contributed by atoms with Crippen LogP contribution in [-0.2, 0) is 18.6 Å². The fourth-order valence-corrected chi connectivity index (χ4v) is 3.08. The Balaban J connectivity index is 1.62. The summed E-state index contributed by atoms with van der Waals surface area (Å²) in [6, 6.07) is 2.07. The van der Waals surface area contributed by atoms with Gasteiger partial charge < -0.3 is 5.11 Å². The molecule has 0 saturated carbocycles. The smallest absolute Gasteiger partial charge is 0.123 e. The van der Waals surface area contributed by atoms with Gasteiger partial charge in [0.25, 0.3) is 0 Å². The molecule has 0 aromatic carbocycles. The molecule has 0 amide bonds. The van der Waals surface area contributed by atoms with Gasteiger partial charge in [0.2, 0.25) is 0 Å². The maximum absolute atomic E-state index is 10.8. The Hall–Kier alpha value is -1.73.